The molecule has 0 radical (unpaired) electrons. The number of piperidine rings is 1. The zero-order valence-electron chi connectivity index (χ0n) is 15.1. The number of hydrogen-bond donors (Lipinski definition) is 1. The van der Waals surface area contributed by atoms with E-state index in [1.807, 2.05) is 35.0 Å². The molecule has 25 heavy (non-hydrogen) atoms. The van der Waals surface area contributed by atoms with Crippen molar-refractivity contribution < 1.29 is 0 Å². The van der Waals surface area contributed by atoms with Crippen molar-refractivity contribution in [3.63, 3.8) is 0 Å². The third-order valence-corrected chi connectivity index (χ3v) is 5.31. The summed E-state index contributed by atoms with van der Waals surface area (Å²) in [5, 5.41) is 9.20. The van der Waals surface area contributed by atoms with E-state index in [4.69, 9.17) is 16.7 Å². The summed E-state index contributed by atoms with van der Waals surface area (Å²) in [6, 6.07) is 8.41. The first-order valence-electron chi connectivity index (χ1n) is 8.96. The maximum absolute atomic E-state index is 5.99. The van der Waals surface area contributed by atoms with Gasteiger partial charge in [0, 0.05) is 35.4 Å². The minimum absolute atomic E-state index is 0.582. The van der Waals surface area contributed by atoms with E-state index >= 15 is 0 Å². The van der Waals surface area contributed by atoms with Gasteiger partial charge in [-0.25, -0.2) is 4.68 Å². The quantitative estimate of drug-likeness (QED) is 0.795. The third-order valence-electron chi connectivity index (χ3n) is 5.05. The first-order valence-corrected chi connectivity index (χ1v) is 9.34. The first-order chi connectivity index (χ1) is 12.1. The average molecular weight is 359 g/mol. The largest absolute Gasteiger partial charge is 0.310 e. The van der Waals surface area contributed by atoms with Crippen molar-refractivity contribution in [2.75, 3.05) is 19.6 Å². The average Bonchev–Trinajstić information content (AvgIpc) is 2.90. The molecule has 0 unspecified atom stereocenters. The normalized spacial score (nSPS) is 16.3. The molecule has 1 N–H and O–H groups in total. The Morgan fingerprint density at radius 3 is 2.56 bits per heavy atom. The molecule has 0 atom stereocenters. The Bertz CT molecular complexity index is 712. The van der Waals surface area contributed by atoms with Crippen molar-refractivity contribution in [1.29, 1.82) is 0 Å². The van der Waals surface area contributed by atoms with Gasteiger partial charge in [-0.3, -0.25) is 4.90 Å². The van der Waals surface area contributed by atoms with Gasteiger partial charge in [-0.15, -0.1) is 6.58 Å². The Morgan fingerprint density at radius 1 is 1.24 bits per heavy atom. The van der Waals surface area contributed by atoms with Crippen molar-refractivity contribution in [2.45, 2.75) is 39.3 Å². The minimum atomic E-state index is 0.582. The van der Waals surface area contributed by atoms with Crippen LogP contribution in [0.5, 0.6) is 0 Å². The van der Waals surface area contributed by atoms with Crippen LogP contribution in [-0.2, 0) is 6.54 Å². The number of halogens is 1. The Morgan fingerprint density at radius 2 is 1.92 bits per heavy atom. The van der Waals surface area contributed by atoms with Crippen LogP contribution in [0.2, 0.25) is 5.02 Å². The number of likely N-dealkylation sites (tertiary alicyclic amines) is 1. The topological polar surface area (TPSA) is 33.1 Å². The van der Waals surface area contributed by atoms with Gasteiger partial charge in [0.05, 0.1) is 11.4 Å². The minimum Gasteiger partial charge on any atom is -0.310 e. The molecule has 0 bridgehead atoms. The summed E-state index contributed by atoms with van der Waals surface area (Å²) >= 11 is 5.99. The maximum atomic E-state index is 5.99. The van der Waals surface area contributed by atoms with Gasteiger partial charge >= 0.3 is 0 Å². The van der Waals surface area contributed by atoms with Crippen LogP contribution in [0.1, 0.15) is 29.8 Å². The molecule has 0 aliphatic carbocycles. The standard InChI is InChI=1S/C20H27ClN4/c1-4-11-24-12-9-18(10-13-24)22-14-20-15(2)23-25(16(20)3)19-7-5-17(21)6-8-19/h4-8,18,22H,1,9-14H2,2-3H3. The van der Waals surface area contributed by atoms with Gasteiger partial charge in [0.2, 0.25) is 0 Å². The van der Waals surface area contributed by atoms with Gasteiger partial charge in [-0.1, -0.05) is 17.7 Å². The zero-order valence-corrected chi connectivity index (χ0v) is 15.9. The number of rotatable bonds is 6. The van der Waals surface area contributed by atoms with Gasteiger partial charge in [-0.05, 0) is 64.0 Å². The van der Waals surface area contributed by atoms with Crippen molar-refractivity contribution in [3.05, 3.63) is 58.9 Å². The van der Waals surface area contributed by atoms with E-state index in [0.29, 0.717) is 6.04 Å². The molecule has 1 aliphatic rings. The van der Waals surface area contributed by atoms with Crippen LogP contribution < -0.4 is 5.32 Å². The van der Waals surface area contributed by atoms with E-state index in [2.05, 4.69) is 30.6 Å². The predicted octanol–water partition coefficient (Wildman–Crippen LogP) is 3.88. The van der Waals surface area contributed by atoms with E-state index in [0.717, 1.165) is 42.6 Å². The van der Waals surface area contributed by atoms with E-state index in [9.17, 15) is 0 Å². The van der Waals surface area contributed by atoms with Crippen LogP contribution in [-0.4, -0.2) is 40.4 Å². The highest BCUT2D eigenvalue weighted by Crippen LogP contribution is 2.20. The molecule has 2 heterocycles. The lowest BCUT2D eigenvalue weighted by molar-refractivity contribution is 0.214. The Kier molecular flexibility index (Phi) is 5.94. The Hall–Kier alpha value is -1.62. The fourth-order valence-electron chi connectivity index (χ4n) is 3.51. The molecule has 134 valence electrons. The second-order valence-electron chi connectivity index (χ2n) is 6.78. The predicted molar refractivity (Wildman–Crippen MR) is 105 cm³/mol. The molecule has 0 saturated carbocycles. The number of benzene rings is 1. The van der Waals surface area contributed by atoms with E-state index < -0.39 is 0 Å². The second kappa shape index (κ2) is 8.17. The van der Waals surface area contributed by atoms with Crippen molar-refractivity contribution in [3.8, 4) is 5.69 Å². The third kappa shape index (κ3) is 4.32. The van der Waals surface area contributed by atoms with Crippen LogP contribution in [0, 0.1) is 13.8 Å². The summed E-state index contributed by atoms with van der Waals surface area (Å²) in [5.41, 5.74) is 4.62. The highest BCUT2D eigenvalue weighted by Gasteiger charge is 2.19. The number of nitrogens with one attached hydrogen (secondary N) is 1. The zero-order chi connectivity index (χ0) is 17.8. The van der Waals surface area contributed by atoms with Crippen LogP contribution in [0.15, 0.2) is 36.9 Å². The van der Waals surface area contributed by atoms with Crippen LogP contribution in [0.3, 0.4) is 0 Å². The van der Waals surface area contributed by atoms with Crippen molar-refractivity contribution >= 4 is 11.6 Å². The number of nitrogens with zero attached hydrogens (tertiary/aromatic N) is 3. The lowest BCUT2D eigenvalue weighted by Gasteiger charge is -2.31. The fraction of sp³-hybridized carbons (Fsp3) is 0.450. The van der Waals surface area contributed by atoms with Gasteiger partial charge in [0.1, 0.15) is 0 Å². The molecule has 1 saturated heterocycles. The molecule has 4 nitrogen and oxygen atoms in total. The molecule has 1 aliphatic heterocycles. The molecular weight excluding hydrogens is 332 g/mol. The SMILES string of the molecule is C=CCN1CCC(NCc2c(C)nn(-c3ccc(Cl)cc3)c2C)CC1. The van der Waals surface area contributed by atoms with Crippen molar-refractivity contribution in [1.82, 2.24) is 20.0 Å². The maximum Gasteiger partial charge on any atom is 0.0649 e. The lowest BCUT2D eigenvalue weighted by atomic mass is 10.0. The highest BCUT2D eigenvalue weighted by molar-refractivity contribution is 6.30. The van der Waals surface area contributed by atoms with E-state index in [1.54, 1.807) is 0 Å². The Balaban J connectivity index is 1.64. The monoisotopic (exact) mass is 358 g/mol. The number of aromatic nitrogens is 2. The van der Waals surface area contributed by atoms with Gasteiger partial charge in [0.25, 0.3) is 0 Å². The molecule has 3 rings (SSSR count). The summed E-state index contributed by atoms with van der Waals surface area (Å²) < 4.78 is 2.01. The molecule has 2 aromatic rings. The molecular formula is C20H27ClN4. The summed E-state index contributed by atoms with van der Waals surface area (Å²) in [4.78, 5) is 2.46. The molecule has 5 heteroatoms. The number of aryl methyl sites for hydroxylation is 1. The Labute approximate surface area is 155 Å². The van der Waals surface area contributed by atoms with Crippen LogP contribution >= 0.6 is 11.6 Å². The molecule has 0 spiro atoms. The number of hydrogen-bond acceptors (Lipinski definition) is 3. The van der Waals surface area contributed by atoms with Crippen LogP contribution in [0.25, 0.3) is 5.69 Å². The molecule has 1 fully saturated rings. The fourth-order valence-corrected chi connectivity index (χ4v) is 3.64. The summed E-state index contributed by atoms with van der Waals surface area (Å²) in [7, 11) is 0. The van der Waals surface area contributed by atoms with Crippen LogP contribution in [0.4, 0.5) is 0 Å². The molecule has 0 amide bonds. The molecule has 1 aromatic carbocycles. The first kappa shape index (κ1) is 18.2. The van der Waals surface area contributed by atoms with E-state index in [-0.39, 0.29) is 0 Å². The summed E-state index contributed by atoms with van der Waals surface area (Å²) in [6.07, 6.45) is 4.38. The van der Waals surface area contributed by atoms with Gasteiger partial charge < -0.3 is 5.32 Å². The second-order valence-corrected chi connectivity index (χ2v) is 7.22. The van der Waals surface area contributed by atoms with E-state index in [1.165, 1.54) is 24.1 Å². The smallest absolute Gasteiger partial charge is 0.0649 e. The van der Waals surface area contributed by atoms with Crippen molar-refractivity contribution in [2.24, 2.45) is 0 Å². The summed E-state index contributed by atoms with van der Waals surface area (Å²) in [5.74, 6) is 0. The van der Waals surface area contributed by atoms with Gasteiger partial charge in [-0.2, -0.15) is 5.10 Å². The highest BCUT2D eigenvalue weighted by atomic mass is 35.5. The molecule has 1 aromatic heterocycles. The summed E-state index contributed by atoms with van der Waals surface area (Å²) in [6.45, 7) is 12.2. The lowest BCUT2D eigenvalue weighted by Crippen LogP contribution is -2.42. The van der Waals surface area contributed by atoms with Gasteiger partial charge in [0.15, 0.2) is 0 Å².